The molecular formula is C15H12N2O5. The summed E-state index contributed by atoms with van der Waals surface area (Å²) in [5, 5.41) is 22.1. The summed E-state index contributed by atoms with van der Waals surface area (Å²) in [6, 6.07) is 8.21. The second kappa shape index (κ2) is 5.72. The fraction of sp³-hybridized carbons (Fsp3) is 0.133. The van der Waals surface area contributed by atoms with Crippen LogP contribution in [0.3, 0.4) is 0 Å². The van der Waals surface area contributed by atoms with Crippen molar-refractivity contribution in [3.05, 3.63) is 78.9 Å². The number of nitro benzene ring substituents is 2. The van der Waals surface area contributed by atoms with Crippen molar-refractivity contribution >= 4 is 17.2 Å². The molecule has 112 valence electrons. The number of nitro groups is 2. The molecule has 2 aromatic carbocycles. The maximum atomic E-state index is 12.6. The standard InChI is InChI=1S/C15H12N2O5/c1-9-3-5-13(16(19)20)11(7-9)15(18)12-8-10(2)4-6-14(12)17(21)22/h3-8H,1-2H3. The van der Waals surface area contributed by atoms with Crippen LogP contribution in [0.2, 0.25) is 0 Å². The van der Waals surface area contributed by atoms with E-state index < -0.39 is 15.6 Å². The van der Waals surface area contributed by atoms with Crippen molar-refractivity contribution in [2.45, 2.75) is 13.8 Å². The van der Waals surface area contributed by atoms with Crippen LogP contribution >= 0.6 is 0 Å². The van der Waals surface area contributed by atoms with Gasteiger partial charge < -0.3 is 0 Å². The van der Waals surface area contributed by atoms with Crippen molar-refractivity contribution in [3.63, 3.8) is 0 Å². The molecule has 0 unspecified atom stereocenters. The summed E-state index contributed by atoms with van der Waals surface area (Å²) in [4.78, 5) is 33.4. The molecule has 7 nitrogen and oxygen atoms in total. The second-order valence-corrected chi connectivity index (χ2v) is 4.88. The van der Waals surface area contributed by atoms with Crippen molar-refractivity contribution < 1.29 is 14.6 Å². The smallest absolute Gasteiger partial charge is 0.280 e. The van der Waals surface area contributed by atoms with E-state index in [4.69, 9.17) is 0 Å². The molecule has 0 heterocycles. The third-order valence-electron chi connectivity index (χ3n) is 3.19. The van der Waals surface area contributed by atoms with E-state index in [0.717, 1.165) is 0 Å². The lowest BCUT2D eigenvalue weighted by Crippen LogP contribution is -2.09. The van der Waals surface area contributed by atoms with Gasteiger partial charge in [0.15, 0.2) is 0 Å². The van der Waals surface area contributed by atoms with E-state index in [1.54, 1.807) is 13.8 Å². The largest absolute Gasteiger partial charge is 0.288 e. The minimum absolute atomic E-state index is 0.154. The number of carbonyl (C=O) groups is 1. The van der Waals surface area contributed by atoms with Crippen LogP contribution in [-0.4, -0.2) is 15.6 Å². The van der Waals surface area contributed by atoms with Crippen molar-refractivity contribution in [2.75, 3.05) is 0 Å². The van der Waals surface area contributed by atoms with Gasteiger partial charge >= 0.3 is 0 Å². The molecule has 0 radical (unpaired) electrons. The van der Waals surface area contributed by atoms with Gasteiger partial charge in [0.05, 0.1) is 9.85 Å². The average Bonchev–Trinajstić information content (AvgIpc) is 2.45. The van der Waals surface area contributed by atoms with E-state index >= 15 is 0 Å². The predicted molar refractivity (Wildman–Crippen MR) is 79.1 cm³/mol. The Morgan fingerprint density at radius 3 is 1.50 bits per heavy atom. The Hall–Kier alpha value is -3.09. The molecule has 7 heteroatoms. The molecule has 0 bridgehead atoms. The Morgan fingerprint density at radius 1 is 0.818 bits per heavy atom. The van der Waals surface area contributed by atoms with Crippen LogP contribution in [0, 0.1) is 34.1 Å². The lowest BCUT2D eigenvalue weighted by molar-refractivity contribution is -0.385. The highest BCUT2D eigenvalue weighted by Gasteiger charge is 2.27. The Morgan fingerprint density at radius 2 is 1.18 bits per heavy atom. The fourth-order valence-corrected chi connectivity index (χ4v) is 2.13. The molecule has 0 N–H and O–H groups in total. The van der Waals surface area contributed by atoms with Crippen LogP contribution in [0.25, 0.3) is 0 Å². The molecular weight excluding hydrogens is 288 g/mol. The van der Waals surface area contributed by atoms with Crippen LogP contribution in [0.5, 0.6) is 0 Å². The van der Waals surface area contributed by atoms with Gasteiger partial charge in [-0.05, 0) is 37.1 Å². The zero-order chi connectivity index (χ0) is 16.4. The summed E-state index contributed by atoms with van der Waals surface area (Å²) in [5.74, 6) is -0.731. The molecule has 0 saturated carbocycles. The Labute approximate surface area is 125 Å². The maximum Gasteiger partial charge on any atom is 0.280 e. The van der Waals surface area contributed by atoms with Gasteiger partial charge in [0, 0.05) is 12.1 Å². The first-order valence-electron chi connectivity index (χ1n) is 6.36. The third kappa shape index (κ3) is 2.83. The third-order valence-corrected chi connectivity index (χ3v) is 3.19. The Kier molecular flexibility index (Phi) is 3.98. The SMILES string of the molecule is Cc1ccc([N+](=O)[O-])c(C(=O)c2cc(C)ccc2[N+](=O)[O-])c1. The second-order valence-electron chi connectivity index (χ2n) is 4.88. The number of carbonyl (C=O) groups excluding carboxylic acids is 1. The average molecular weight is 300 g/mol. The van der Waals surface area contributed by atoms with Crippen LogP contribution in [0.15, 0.2) is 36.4 Å². The number of rotatable bonds is 4. The van der Waals surface area contributed by atoms with Crippen molar-refractivity contribution in [3.8, 4) is 0 Å². The van der Waals surface area contributed by atoms with Crippen molar-refractivity contribution in [1.29, 1.82) is 0 Å². The summed E-state index contributed by atoms with van der Waals surface area (Å²) in [5.41, 5.74) is 0.267. The molecule has 0 spiro atoms. The van der Waals surface area contributed by atoms with Crippen LogP contribution in [0.1, 0.15) is 27.0 Å². The number of benzene rings is 2. The molecule has 0 aliphatic rings. The molecule has 0 atom stereocenters. The normalized spacial score (nSPS) is 10.3. The van der Waals surface area contributed by atoms with E-state index in [1.807, 2.05) is 0 Å². The molecule has 0 saturated heterocycles. The van der Waals surface area contributed by atoms with Crippen LogP contribution < -0.4 is 0 Å². The van der Waals surface area contributed by atoms with E-state index in [1.165, 1.54) is 36.4 Å². The summed E-state index contributed by atoms with van der Waals surface area (Å²) < 4.78 is 0. The minimum Gasteiger partial charge on any atom is -0.288 e. The van der Waals surface area contributed by atoms with E-state index in [0.29, 0.717) is 11.1 Å². The zero-order valence-electron chi connectivity index (χ0n) is 11.9. The maximum absolute atomic E-state index is 12.6. The first-order chi connectivity index (χ1) is 10.3. The molecule has 0 fully saturated rings. The summed E-state index contributed by atoms with van der Waals surface area (Å²) in [6.07, 6.45) is 0. The highest BCUT2D eigenvalue weighted by atomic mass is 16.6. The highest BCUT2D eigenvalue weighted by Crippen LogP contribution is 2.28. The molecule has 0 aliphatic heterocycles. The van der Waals surface area contributed by atoms with Gasteiger partial charge in [0.25, 0.3) is 11.4 Å². The van der Waals surface area contributed by atoms with Gasteiger partial charge in [-0.25, -0.2) is 0 Å². The van der Waals surface area contributed by atoms with Gasteiger partial charge in [-0.3, -0.25) is 25.0 Å². The van der Waals surface area contributed by atoms with E-state index in [-0.39, 0.29) is 22.5 Å². The zero-order valence-corrected chi connectivity index (χ0v) is 11.9. The number of nitrogens with zero attached hydrogens (tertiary/aromatic N) is 2. The monoisotopic (exact) mass is 300 g/mol. The Balaban J connectivity index is 2.68. The van der Waals surface area contributed by atoms with Crippen LogP contribution in [-0.2, 0) is 0 Å². The molecule has 2 aromatic rings. The quantitative estimate of drug-likeness (QED) is 0.489. The van der Waals surface area contributed by atoms with Gasteiger partial charge in [0.1, 0.15) is 11.1 Å². The van der Waals surface area contributed by atoms with E-state index in [9.17, 15) is 25.0 Å². The van der Waals surface area contributed by atoms with Crippen molar-refractivity contribution in [2.24, 2.45) is 0 Å². The van der Waals surface area contributed by atoms with Gasteiger partial charge in [-0.2, -0.15) is 0 Å². The summed E-state index contributed by atoms with van der Waals surface area (Å²) in [6.45, 7) is 3.37. The molecule has 2 rings (SSSR count). The van der Waals surface area contributed by atoms with Crippen molar-refractivity contribution in [1.82, 2.24) is 0 Å². The molecule has 0 amide bonds. The number of aryl methyl sites for hydroxylation is 2. The fourth-order valence-electron chi connectivity index (χ4n) is 2.13. The molecule has 0 aromatic heterocycles. The summed E-state index contributed by atoms with van der Waals surface area (Å²) in [7, 11) is 0. The van der Waals surface area contributed by atoms with Crippen LogP contribution in [0.4, 0.5) is 11.4 Å². The number of hydrogen-bond donors (Lipinski definition) is 0. The van der Waals surface area contributed by atoms with Gasteiger partial charge in [-0.15, -0.1) is 0 Å². The lowest BCUT2D eigenvalue weighted by atomic mass is 9.97. The predicted octanol–water partition coefficient (Wildman–Crippen LogP) is 3.35. The van der Waals surface area contributed by atoms with Gasteiger partial charge in [-0.1, -0.05) is 12.1 Å². The highest BCUT2D eigenvalue weighted by molar-refractivity contribution is 6.13. The molecule has 0 aliphatic carbocycles. The van der Waals surface area contributed by atoms with E-state index in [2.05, 4.69) is 0 Å². The van der Waals surface area contributed by atoms with Gasteiger partial charge in [0.2, 0.25) is 5.78 Å². The lowest BCUT2D eigenvalue weighted by Gasteiger charge is -2.06. The minimum atomic E-state index is -0.731. The topological polar surface area (TPSA) is 103 Å². The Bertz CT molecular complexity index is 733. The first-order valence-corrected chi connectivity index (χ1v) is 6.36. The molecule has 22 heavy (non-hydrogen) atoms. The summed E-state index contributed by atoms with van der Waals surface area (Å²) >= 11 is 0. The first kappa shape index (κ1) is 15.3. The number of hydrogen-bond acceptors (Lipinski definition) is 5. The number of ketones is 1.